The van der Waals surface area contributed by atoms with Gasteiger partial charge in [0.1, 0.15) is 10.7 Å². The zero-order chi connectivity index (χ0) is 16.4. The minimum atomic E-state index is -3.63. The summed E-state index contributed by atoms with van der Waals surface area (Å²) in [6, 6.07) is 11.5. The number of para-hydroxylation sites is 1. The van der Waals surface area contributed by atoms with Gasteiger partial charge >= 0.3 is 0 Å². The van der Waals surface area contributed by atoms with E-state index in [0.717, 1.165) is 5.69 Å². The zero-order valence-electron chi connectivity index (χ0n) is 12.4. The standard InChI is InChI=1S/C15H17BrN4O2S/c16-12-10-14(15(17)18-11-12)23(21,22)20-8-6-19(7-9-20)13-4-2-1-3-5-13/h1-5,10-11H,6-9H2,(H2,17,18). The Hall–Kier alpha value is -1.64. The van der Waals surface area contributed by atoms with Gasteiger partial charge in [-0.1, -0.05) is 18.2 Å². The molecule has 2 heterocycles. The highest BCUT2D eigenvalue weighted by atomic mass is 79.9. The van der Waals surface area contributed by atoms with E-state index < -0.39 is 10.0 Å². The molecule has 0 bridgehead atoms. The summed E-state index contributed by atoms with van der Waals surface area (Å²) in [5, 5.41) is 0. The van der Waals surface area contributed by atoms with Crippen molar-refractivity contribution >= 4 is 37.5 Å². The maximum atomic E-state index is 12.8. The van der Waals surface area contributed by atoms with Gasteiger partial charge in [0.25, 0.3) is 0 Å². The largest absolute Gasteiger partial charge is 0.383 e. The molecule has 1 aromatic carbocycles. The van der Waals surface area contributed by atoms with Gasteiger partial charge in [-0.05, 0) is 34.1 Å². The molecular weight excluding hydrogens is 380 g/mol. The minimum absolute atomic E-state index is 0.0266. The Morgan fingerprint density at radius 3 is 2.39 bits per heavy atom. The average Bonchev–Trinajstić information content (AvgIpc) is 2.58. The van der Waals surface area contributed by atoms with Crippen LogP contribution < -0.4 is 10.6 Å². The summed E-state index contributed by atoms with van der Waals surface area (Å²) in [6.07, 6.45) is 1.49. The third kappa shape index (κ3) is 3.34. The Bertz CT molecular complexity index is 790. The molecule has 1 aliphatic heterocycles. The summed E-state index contributed by atoms with van der Waals surface area (Å²) in [4.78, 5) is 6.15. The lowest BCUT2D eigenvalue weighted by Crippen LogP contribution is -2.48. The van der Waals surface area contributed by atoms with Gasteiger partial charge in [0, 0.05) is 42.5 Å². The molecule has 2 aromatic rings. The first kappa shape index (κ1) is 16.2. The first-order valence-electron chi connectivity index (χ1n) is 7.19. The number of hydrogen-bond acceptors (Lipinski definition) is 5. The van der Waals surface area contributed by atoms with E-state index in [4.69, 9.17) is 5.73 Å². The Labute approximate surface area is 144 Å². The predicted molar refractivity (Wildman–Crippen MR) is 93.8 cm³/mol. The topological polar surface area (TPSA) is 79.5 Å². The lowest BCUT2D eigenvalue weighted by Gasteiger charge is -2.35. The summed E-state index contributed by atoms with van der Waals surface area (Å²) in [7, 11) is -3.63. The van der Waals surface area contributed by atoms with E-state index in [1.54, 1.807) is 0 Å². The number of halogens is 1. The SMILES string of the molecule is Nc1ncc(Br)cc1S(=O)(=O)N1CCN(c2ccccc2)CC1. The van der Waals surface area contributed by atoms with Crippen molar-refractivity contribution in [1.82, 2.24) is 9.29 Å². The highest BCUT2D eigenvalue weighted by Gasteiger charge is 2.30. The Kier molecular flexibility index (Phi) is 4.56. The van der Waals surface area contributed by atoms with Crippen LogP contribution in [0, 0.1) is 0 Å². The zero-order valence-corrected chi connectivity index (χ0v) is 14.8. The van der Waals surface area contributed by atoms with Crippen molar-refractivity contribution in [1.29, 1.82) is 0 Å². The van der Waals surface area contributed by atoms with Gasteiger partial charge in [0.15, 0.2) is 0 Å². The molecular formula is C15H17BrN4O2S. The number of nitrogens with two attached hydrogens (primary N) is 1. The van der Waals surface area contributed by atoms with Crippen LogP contribution in [0.4, 0.5) is 11.5 Å². The smallest absolute Gasteiger partial charge is 0.246 e. The number of aromatic nitrogens is 1. The summed E-state index contributed by atoms with van der Waals surface area (Å²) in [5.41, 5.74) is 6.86. The number of rotatable bonds is 3. The van der Waals surface area contributed by atoms with E-state index >= 15 is 0 Å². The molecule has 8 heteroatoms. The van der Waals surface area contributed by atoms with Crippen LogP contribution >= 0.6 is 15.9 Å². The maximum Gasteiger partial charge on any atom is 0.246 e. The number of nitrogens with zero attached hydrogens (tertiary/aromatic N) is 3. The van der Waals surface area contributed by atoms with Crippen LogP contribution in [-0.4, -0.2) is 43.9 Å². The first-order valence-corrected chi connectivity index (χ1v) is 9.43. The van der Waals surface area contributed by atoms with Crippen LogP contribution in [0.25, 0.3) is 0 Å². The van der Waals surface area contributed by atoms with Crippen molar-refractivity contribution in [2.24, 2.45) is 0 Å². The van der Waals surface area contributed by atoms with Crippen molar-refractivity contribution in [2.45, 2.75) is 4.90 Å². The van der Waals surface area contributed by atoms with E-state index in [0.29, 0.717) is 30.7 Å². The second kappa shape index (κ2) is 6.46. The predicted octanol–water partition coefficient (Wildman–Crippen LogP) is 1.94. The lowest BCUT2D eigenvalue weighted by atomic mass is 10.2. The highest BCUT2D eigenvalue weighted by Crippen LogP contribution is 2.25. The Morgan fingerprint density at radius 2 is 1.74 bits per heavy atom. The number of hydrogen-bond donors (Lipinski definition) is 1. The lowest BCUT2D eigenvalue weighted by molar-refractivity contribution is 0.385. The van der Waals surface area contributed by atoms with Crippen LogP contribution in [-0.2, 0) is 10.0 Å². The second-order valence-electron chi connectivity index (χ2n) is 5.26. The van der Waals surface area contributed by atoms with E-state index in [-0.39, 0.29) is 10.7 Å². The van der Waals surface area contributed by atoms with Crippen molar-refractivity contribution in [2.75, 3.05) is 36.8 Å². The molecule has 1 aliphatic rings. The molecule has 1 fully saturated rings. The molecule has 0 spiro atoms. The van der Waals surface area contributed by atoms with Crippen LogP contribution in [0.5, 0.6) is 0 Å². The molecule has 0 amide bonds. The fraction of sp³-hybridized carbons (Fsp3) is 0.267. The van der Waals surface area contributed by atoms with Crippen molar-refractivity contribution in [3.63, 3.8) is 0 Å². The monoisotopic (exact) mass is 396 g/mol. The number of anilines is 2. The Balaban J connectivity index is 1.78. The summed E-state index contributed by atoms with van der Waals surface area (Å²) in [5.74, 6) is 0.0266. The van der Waals surface area contributed by atoms with Gasteiger partial charge in [-0.15, -0.1) is 0 Å². The highest BCUT2D eigenvalue weighted by molar-refractivity contribution is 9.10. The van der Waals surface area contributed by atoms with Gasteiger partial charge in [-0.3, -0.25) is 0 Å². The number of piperazine rings is 1. The number of sulfonamides is 1. The summed E-state index contributed by atoms with van der Waals surface area (Å²) < 4.78 is 27.6. The molecule has 1 saturated heterocycles. The average molecular weight is 397 g/mol. The van der Waals surface area contributed by atoms with Crippen LogP contribution in [0.1, 0.15) is 0 Å². The van der Waals surface area contributed by atoms with E-state index in [9.17, 15) is 8.42 Å². The molecule has 0 saturated carbocycles. The molecule has 3 rings (SSSR count). The normalized spacial score (nSPS) is 16.5. The molecule has 122 valence electrons. The van der Waals surface area contributed by atoms with Crippen LogP contribution in [0.3, 0.4) is 0 Å². The van der Waals surface area contributed by atoms with Gasteiger partial charge < -0.3 is 10.6 Å². The van der Waals surface area contributed by atoms with E-state index in [1.807, 2.05) is 30.3 Å². The van der Waals surface area contributed by atoms with E-state index in [2.05, 4.69) is 25.8 Å². The third-order valence-corrected chi connectivity index (χ3v) is 6.19. The van der Waals surface area contributed by atoms with E-state index in [1.165, 1.54) is 16.6 Å². The second-order valence-corrected chi connectivity index (χ2v) is 8.09. The Morgan fingerprint density at radius 1 is 1.09 bits per heavy atom. The minimum Gasteiger partial charge on any atom is -0.383 e. The summed E-state index contributed by atoms with van der Waals surface area (Å²) in [6.45, 7) is 2.13. The first-order chi connectivity index (χ1) is 11.0. The fourth-order valence-corrected chi connectivity index (χ4v) is 4.60. The quantitative estimate of drug-likeness (QED) is 0.857. The number of pyridine rings is 1. The van der Waals surface area contributed by atoms with Crippen LogP contribution in [0.2, 0.25) is 0 Å². The molecule has 0 radical (unpaired) electrons. The van der Waals surface area contributed by atoms with Crippen molar-refractivity contribution < 1.29 is 8.42 Å². The number of benzene rings is 1. The molecule has 0 unspecified atom stereocenters. The van der Waals surface area contributed by atoms with Crippen LogP contribution in [0.15, 0.2) is 52.0 Å². The van der Waals surface area contributed by atoms with Gasteiger partial charge in [0.05, 0.1) is 0 Å². The maximum absolute atomic E-state index is 12.8. The number of nitrogen functional groups attached to an aromatic ring is 1. The van der Waals surface area contributed by atoms with Gasteiger partial charge in [-0.2, -0.15) is 4.31 Å². The fourth-order valence-electron chi connectivity index (χ4n) is 2.60. The van der Waals surface area contributed by atoms with Crippen molar-refractivity contribution in [3.05, 3.63) is 47.1 Å². The molecule has 6 nitrogen and oxygen atoms in total. The molecule has 23 heavy (non-hydrogen) atoms. The third-order valence-electron chi connectivity index (χ3n) is 3.83. The van der Waals surface area contributed by atoms with Gasteiger partial charge in [0.2, 0.25) is 10.0 Å². The van der Waals surface area contributed by atoms with Gasteiger partial charge in [-0.25, -0.2) is 13.4 Å². The molecule has 0 atom stereocenters. The molecule has 1 aromatic heterocycles. The van der Waals surface area contributed by atoms with Crippen molar-refractivity contribution in [3.8, 4) is 0 Å². The molecule has 0 aliphatic carbocycles. The molecule has 2 N–H and O–H groups in total. The summed E-state index contributed by atoms with van der Waals surface area (Å²) >= 11 is 3.24.